The molecule has 0 fully saturated rings. The molecule has 0 saturated carbocycles. The van der Waals surface area contributed by atoms with Crippen LogP contribution in [0.2, 0.25) is 0 Å². The third-order valence-electron chi connectivity index (χ3n) is 3.67. The molecule has 0 bridgehead atoms. The van der Waals surface area contributed by atoms with Crippen LogP contribution >= 0.6 is 15.9 Å². The lowest BCUT2D eigenvalue weighted by atomic mass is 9.89. The van der Waals surface area contributed by atoms with Crippen molar-refractivity contribution in [3.05, 3.63) is 69.7 Å². The Morgan fingerprint density at radius 1 is 1.10 bits per heavy atom. The Labute approximate surface area is 128 Å². The topological polar surface area (TPSA) is 46.2 Å². The summed E-state index contributed by atoms with van der Waals surface area (Å²) in [5, 5.41) is 10.6. The van der Waals surface area contributed by atoms with Crippen LogP contribution in [0.4, 0.5) is 0 Å². The Balaban J connectivity index is 2.28. The summed E-state index contributed by atoms with van der Waals surface area (Å²) in [5.74, 6) is -0.113. The summed E-state index contributed by atoms with van der Waals surface area (Å²) in [7, 11) is 0. The van der Waals surface area contributed by atoms with E-state index in [2.05, 4.69) is 35.0 Å². The molecule has 0 aliphatic rings. The Bertz CT molecular complexity index is 553. The molecule has 2 nitrogen and oxygen atoms in total. The van der Waals surface area contributed by atoms with E-state index in [9.17, 15) is 5.11 Å². The quantitative estimate of drug-likeness (QED) is 0.874. The summed E-state index contributed by atoms with van der Waals surface area (Å²) < 4.78 is 0.986. The number of hydrogen-bond acceptors (Lipinski definition) is 2. The predicted octanol–water partition coefficient (Wildman–Crippen LogP) is 3.79. The van der Waals surface area contributed by atoms with Crippen LogP contribution in [0, 0.1) is 0 Å². The van der Waals surface area contributed by atoms with Gasteiger partial charge in [-0.15, -0.1) is 0 Å². The van der Waals surface area contributed by atoms with Crippen molar-refractivity contribution in [2.45, 2.75) is 25.4 Å². The summed E-state index contributed by atoms with van der Waals surface area (Å²) >= 11 is 3.53. The second-order valence-electron chi connectivity index (χ2n) is 4.90. The lowest BCUT2D eigenvalue weighted by Crippen LogP contribution is -2.20. The highest BCUT2D eigenvalue weighted by Crippen LogP contribution is 2.34. The van der Waals surface area contributed by atoms with Gasteiger partial charge in [0, 0.05) is 16.9 Å². The highest BCUT2D eigenvalue weighted by Gasteiger charge is 2.23. The number of aliphatic hydroxyl groups is 1. The maximum atomic E-state index is 10.6. The van der Waals surface area contributed by atoms with Crippen LogP contribution in [0.3, 0.4) is 0 Å². The van der Waals surface area contributed by atoms with E-state index in [1.807, 2.05) is 36.4 Å². The summed E-state index contributed by atoms with van der Waals surface area (Å²) in [4.78, 5) is 0. The number of nitrogens with two attached hydrogens (primary N) is 1. The molecule has 0 aliphatic heterocycles. The van der Waals surface area contributed by atoms with Crippen LogP contribution in [0.25, 0.3) is 0 Å². The predicted molar refractivity (Wildman–Crippen MR) is 86.7 cm³/mol. The second-order valence-corrected chi connectivity index (χ2v) is 5.76. The average molecular weight is 334 g/mol. The van der Waals surface area contributed by atoms with E-state index in [1.165, 1.54) is 5.56 Å². The molecule has 0 saturated heterocycles. The van der Waals surface area contributed by atoms with E-state index in [1.54, 1.807) is 0 Å². The lowest BCUT2D eigenvalue weighted by molar-refractivity contribution is 0.147. The minimum Gasteiger partial charge on any atom is -0.388 e. The van der Waals surface area contributed by atoms with Crippen LogP contribution in [-0.2, 0) is 6.42 Å². The number of aliphatic hydroxyl groups excluding tert-OH is 1. The standard InChI is InChI=1S/C17H20BrNO/c1-2-12-7-9-13(10-8-12)17(20)15(11-19)14-5-3-4-6-16(14)18/h3-10,15,17,20H,2,11,19H2,1H3. The minimum atomic E-state index is -0.593. The van der Waals surface area contributed by atoms with Crippen molar-refractivity contribution < 1.29 is 5.11 Å². The van der Waals surface area contributed by atoms with Gasteiger partial charge in [0.25, 0.3) is 0 Å². The molecule has 20 heavy (non-hydrogen) atoms. The molecule has 0 radical (unpaired) electrons. The van der Waals surface area contributed by atoms with E-state index in [-0.39, 0.29) is 5.92 Å². The van der Waals surface area contributed by atoms with E-state index in [0.717, 1.165) is 22.0 Å². The molecule has 2 aromatic carbocycles. The fourth-order valence-electron chi connectivity index (χ4n) is 2.38. The van der Waals surface area contributed by atoms with Crippen LogP contribution in [0.1, 0.15) is 35.6 Å². The van der Waals surface area contributed by atoms with Crippen molar-refractivity contribution in [1.82, 2.24) is 0 Å². The molecular weight excluding hydrogens is 314 g/mol. The Morgan fingerprint density at radius 3 is 2.30 bits per heavy atom. The molecule has 3 heteroatoms. The fourth-order valence-corrected chi connectivity index (χ4v) is 2.96. The van der Waals surface area contributed by atoms with Crippen LogP contribution in [0.15, 0.2) is 53.0 Å². The molecule has 0 aliphatic carbocycles. The lowest BCUT2D eigenvalue weighted by Gasteiger charge is -2.23. The van der Waals surface area contributed by atoms with Gasteiger partial charge in [0.05, 0.1) is 6.10 Å². The molecule has 2 rings (SSSR count). The van der Waals surface area contributed by atoms with Gasteiger partial charge in [-0.05, 0) is 29.2 Å². The van der Waals surface area contributed by atoms with Crippen molar-refractivity contribution in [3.63, 3.8) is 0 Å². The molecule has 0 amide bonds. The van der Waals surface area contributed by atoms with Crippen LogP contribution in [0.5, 0.6) is 0 Å². The number of benzene rings is 2. The number of hydrogen-bond donors (Lipinski definition) is 2. The van der Waals surface area contributed by atoms with Gasteiger partial charge in [-0.1, -0.05) is 65.3 Å². The van der Waals surface area contributed by atoms with Crippen molar-refractivity contribution in [2.75, 3.05) is 6.54 Å². The number of aryl methyl sites for hydroxylation is 1. The van der Waals surface area contributed by atoms with Crippen molar-refractivity contribution in [2.24, 2.45) is 5.73 Å². The SMILES string of the molecule is CCc1ccc(C(O)C(CN)c2ccccc2Br)cc1. The first kappa shape index (κ1) is 15.2. The zero-order chi connectivity index (χ0) is 14.5. The molecule has 2 aromatic rings. The number of halogens is 1. The minimum absolute atomic E-state index is 0.113. The van der Waals surface area contributed by atoms with Gasteiger partial charge in [0.2, 0.25) is 0 Å². The smallest absolute Gasteiger partial charge is 0.0871 e. The highest BCUT2D eigenvalue weighted by atomic mass is 79.9. The molecule has 2 unspecified atom stereocenters. The maximum absolute atomic E-state index is 10.6. The fraction of sp³-hybridized carbons (Fsp3) is 0.294. The Hall–Kier alpha value is -1.16. The van der Waals surface area contributed by atoms with Crippen molar-refractivity contribution in [1.29, 1.82) is 0 Å². The largest absolute Gasteiger partial charge is 0.388 e. The highest BCUT2D eigenvalue weighted by molar-refractivity contribution is 9.10. The van der Waals surface area contributed by atoms with E-state index in [0.29, 0.717) is 6.54 Å². The van der Waals surface area contributed by atoms with Crippen LogP contribution in [-0.4, -0.2) is 11.7 Å². The van der Waals surface area contributed by atoms with Gasteiger partial charge in [-0.25, -0.2) is 0 Å². The molecule has 0 spiro atoms. The number of rotatable bonds is 5. The Kier molecular flexibility index (Phi) is 5.35. The van der Waals surface area contributed by atoms with Gasteiger partial charge in [0.15, 0.2) is 0 Å². The summed E-state index contributed by atoms with van der Waals surface area (Å²) in [5.41, 5.74) is 9.11. The van der Waals surface area contributed by atoms with Gasteiger partial charge in [-0.2, -0.15) is 0 Å². The van der Waals surface area contributed by atoms with Gasteiger partial charge in [0.1, 0.15) is 0 Å². The molecular formula is C17H20BrNO. The molecule has 0 heterocycles. The van der Waals surface area contributed by atoms with Gasteiger partial charge < -0.3 is 10.8 Å². The summed E-state index contributed by atoms with van der Waals surface area (Å²) in [6, 6.07) is 16.0. The zero-order valence-corrected chi connectivity index (χ0v) is 13.2. The molecule has 106 valence electrons. The van der Waals surface area contributed by atoms with E-state index in [4.69, 9.17) is 5.73 Å². The van der Waals surface area contributed by atoms with Gasteiger partial charge in [-0.3, -0.25) is 0 Å². The monoisotopic (exact) mass is 333 g/mol. The third kappa shape index (κ3) is 3.29. The average Bonchev–Trinajstić information content (AvgIpc) is 2.50. The van der Waals surface area contributed by atoms with Crippen molar-refractivity contribution in [3.8, 4) is 0 Å². The van der Waals surface area contributed by atoms with Crippen molar-refractivity contribution >= 4 is 15.9 Å². The second kappa shape index (κ2) is 7.02. The first-order valence-electron chi connectivity index (χ1n) is 6.88. The Morgan fingerprint density at radius 2 is 1.75 bits per heavy atom. The first-order chi connectivity index (χ1) is 9.67. The normalized spacial score (nSPS) is 14.0. The molecule has 0 aromatic heterocycles. The first-order valence-corrected chi connectivity index (χ1v) is 7.68. The van der Waals surface area contributed by atoms with Gasteiger partial charge >= 0.3 is 0 Å². The summed E-state index contributed by atoms with van der Waals surface area (Å²) in [6.45, 7) is 2.52. The zero-order valence-electron chi connectivity index (χ0n) is 11.6. The van der Waals surface area contributed by atoms with E-state index < -0.39 is 6.10 Å². The summed E-state index contributed by atoms with van der Waals surface area (Å²) in [6.07, 6.45) is 0.408. The van der Waals surface area contributed by atoms with Crippen LogP contribution < -0.4 is 5.73 Å². The maximum Gasteiger partial charge on any atom is 0.0871 e. The molecule has 3 N–H and O–H groups in total. The third-order valence-corrected chi connectivity index (χ3v) is 4.39. The van der Waals surface area contributed by atoms with E-state index >= 15 is 0 Å². The molecule has 2 atom stereocenters.